The van der Waals surface area contributed by atoms with Crippen LogP contribution in [0.5, 0.6) is 0 Å². The first-order chi connectivity index (χ1) is 16.9. The summed E-state index contributed by atoms with van der Waals surface area (Å²) in [4.78, 5) is 27.7. The van der Waals surface area contributed by atoms with Gasteiger partial charge in [-0.2, -0.15) is 4.31 Å². The van der Waals surface area contributed by atoms with Crippen LogP contribution in [0.15, 0.2) is 82.3 Å². The Kier molecular flexibility index (Phi) is 7.52. The molecule has 3 aromatic rings. The molecule has 10 heteroatoms. The standard InChI is InChI=1S/C25H28N4O5S/c1-19(27-23-12-6-5-11-22(23)24(30)26-18-20-8-7-17-34-20)25(31)28-13-15-29(16-14-28)35(32,33)21-9-3-2-4-10-21/h2-12,17,19,27H,13-16,18H2,1H3,(H,26,30). The van der Waals surface area contributed by atoms with Crippen molar-refractivity contribution in [1.82, 2.24) is 14.5 Å². The van der Waals surface area contributed by atoms with Gasteiger partial charge in [0.1, 0.15) is 11.8 Å². The molecule has 1 aromatic heterocycles. The second kappa shape index (κ2) is 10.7. The highest BCUT2D eigenvalue weighted by Crippen LogP contribution is 2.20. The van der Waals surface area contributed by atoms with Gasteiger partial charge in [0.25, 0.3) is 5.91 Å². The van der Waals surface area contributed by atoms with Crippen LogP contribution in [0.1, 0.15) is 23.0 Å². The number of carbonyl (C=O) groups excluding carboxylic acids is 2. The topological polar surface area (TPSA) is 112 Å². The number of furan rings is 1. The Labute approximate surface area is 204 Å². The zero-order chi connectivity index (χ0) is 24.8. The summed E-state index contributed by atoms with van der Waals surface area (Å²) in [7, 11) is -3.59. The zero-order valence-electron chi connectivity index (χ0n) is 19.4. The van der Waals surface area contributed by atoms with E-state index in [4.69, 9.17) is 4.42 Å². The van der Waals surface area contributed by atoms with E-state index in [1.807, 2.05) is 0 Å². The molecule has 1 aliphatic heterocycles. The third kappa shape index (κ3) is 5.72. The van der Waals surface area contributed by atoms with Gasteiger partial charge in [0.2, 0.25) is 15.9 Å². The summed E-state index contributed by atoms with van der Waals surface area (Å²) in [6.45, 7) is 3.02. The Morgan fingerprint density at radius 3 is 2.31 bits per heavy atom. The monoisotopic (exact) mass is 496 g/mol. The van der Waals surface area contributed by atoms with Crippen molar-refractivity contribution in [2.75, 3.05) is 31.5 Å². The lowest BCUT2D eigenvalue weighted by Crippen LogP contribution is -2.53. The summed E-state index contributed by atoms with van der Waals surface area (Å²) in [5.41, 5.74) is 0.952. The number of hydrogen-bond acceptors (Lipinski definition) is 6. The van der Waals surface area contributed by atoms with Gasteiger partial charge in [-0.1, -0.05) is 30.3 Å². The zero-order valence-corrected chi connectivity index (χ0v) is 20.2. The highest BCUT2D eigenvalue weighted by Gasteiger charge is 2.31. The lowest BCUT2D eigenvalue weighted by Gasteiger charge is -2.35. The average Bonchev–Trinajstić information content (AvgIpc) is 3.41. The molecule has 2 amide bonds. The van der Waals surface area contributed by atoms with E-state index in [-0.39, 0.29) is 36.3 Å². The molecular weight excluding hydrogens is 468 g/mol. The van der Waals surface area contributed by atoms with Crippen molar-refractivity contribution in [3.63, 3.8) is 0 Å². The molecule has 0 bridgehead atoms. The number of nitrogens with one attached hydrogen (secondary N) is 2. The van der Waals surface area contributed by atoms with Gasteiger partial charge >= 0.3 is 0 Å². The fourth-order valence-electron chi connectivity index (χ4n) is 3.94. The van der Waals surface area contributed by atoms with E-state index in [1.54, 1.807) is 84.8 Å². The van der Waals surface area contributed by atoms with Crippen LogP contribution >= 0.6 is 0 Å². The molecule has 1 atom stereocenters. The molecule has 0 saturated carbocycles. The van der Waals surface area contributed by atoms with Crippen molar-refractivity contribution in [2.24, 2.45) is 0 Å². The molecule has 1 saturated heterocycles. The number of rotatable bonds is 8. The minimum Gasteiger partial charge on any atom is -0.467 e. The summed E-state index contributed by atoms with van der Waals surface area (Å²) < 4.78 is 32.3. The molecule has 0 spiro atoms. The van der Waals surface area contributed by atoms with E-state index in [0.29, 0.717) is 30.1 Å². The summed E-state index contributed by atoms with van der Waals surface area (Å²) >= 11 is 0. The van der Waals surface area contributed by atoms with Crippen LogP contribution in [0.25, 0.3) is 0 Å². The molecule has 2 aromatic carbocycles. The predicted molar refractivity (Wildman–Crippen MR) is 131 cm³/mol. The summed E-state index contributed by atoms with van der Waals surface area (Å²) in [5, 5.41) is 5.95. The molecule has 35 heavy (non-hydrogen) atoms. The second-order valence-electron chi connectivity index (χ2n) is 8.22. The largest absolute Gasteiger partial charge is 0.467 e. The SMILES string of the molecule is CC(Nc1ccccc1C(=O)NCc1ccco1)C(=O)N1CCN(S(=O)(=O)c2ccccc2)CC1. The first-order valence-corrected chi connectivity index (χ1v) is 12.8. The molecule has 0 radical (unpaired) electrons. The molecule has 9 nitrogen and oxygen atoms in total. The van der Waals surface area contributed by atoms with Gasteiger partial charge in [0.15, 0.2) is 0 Å². The van der Waals surface area contributed by atoms with Gasteiger partial charge in [0, 0.05) is 31.9 Å². The lowest BCUT2D eigenvalue weighted by molar-refractivity contribution is -0.132. The van der Waals surface area contributed by atoms with Crippen LogP contribution in [-0.2, 0) is 21.4 Å². The number of piperazine rings is 1. The summed E-state index contributed by atoms with van der Waals surface area (Å²) in [6.07, 6.45) is 1.54. The van der Waals surface area contributed by atoms with E-state index >= 15 is 0 Å². The third-order valence-electron chi connectivity index (χ3n) is 5.85. The number of hydrogen-bond donors (Lipinski definition) is 2. The van der Waals surface area contributed by atoms with Gasteiger partial charge in [0.05, 0.1) is 23.3 Å². The van der Waals surface area contributed by atoms with E-state index in [1.165, 1.54) is 4.31 Å². The maximum absolute atomic E-state index is 13.1. The maximum Gasteiger partial charge on any atom is 0.253 e. The first-order valence-electron chi connectivity index (χ1n) is 11.4. The fraction of sp³-hybridized carbons (Fsp3) is 0.280. The minimum atomic E-state index is -3.59. The minimum absolute atomic E-state index is 0.160. The molecule has 1 fully saturated rings. The van der Waals surface area contributed by atoms with Gasteiger partial charge in [-0.15, -0.1) is 0 Å². The highest BCUT2D eigenvalue weighted by atomic mass is 32.2. The third-order valence-corrected chi connectivity index (χ3v) is 7.76. The van der Waals surface area contributed by atoms with E-state index in [0.717, 1.165) is 0 Å². The van der Waals surface area contributed by atoms with E-state index in [2.05, 4.69) is 10.6 Å². The Morgan fingerprint density at radius 2 is 1.63 bits per heavy atom. The lowest BCUT2D eigenvalue weighted by atomic mass is 10.1. The van der Waals surface area contributed by atoms with Crippen molar-refractivity contribution in [2.45, 2.75) is 24.4 Å². The number of benzene rings is 2. The molecule has 0 aliphatic carbocycles. The van der Waals surface area contributed by atoms with Gasteiger partial charge in [-0.3, -0.25) is 9.59 Å². The number of nitrogens with zero attached hydrogens (tertiary/aromatic N) is 2. The number of anilines is 1. The van der Waals surface area contributed by atoms with Crippen LogP contribution in [0, 0.1) is 0 Å². The van der Waals surface area contributed by atoms with Gasteiger partial charge in [-0.05, 0) is 43.3 Å². The Morgan fingerprint density at radius 1 is 0.943 bits per heavy atom. The smallest absolute Gasteiger partial charge is 0.253 e. The quantitative estimate of drug-likeness (QED) is 0.496. The number of carbonyl (C=O) groups is 2. The van der Waals surface area contributed by atoms with Crippen LogP contribution in [0.2, 0.25) is 0 Å². The average molecular weight is 497 g/mol. The van der Waals surface area contributed by atoms with Crippen LogP contribution < -0.4 is 10.6 Å². The van der Waals surface area contributed by atoms with Crippen LogP contribution in [0.3, 0.4) is 0 Å². The van der Waals surface area contributed by atoms with Crippen LogP contribution in [0.4, 0.5) is 5.69 Å². The Balaban J connectivity index is 1.35. The molecule has 1 unspecified atom stereocenters. The molecule has 1 aliphatic rings. The Hall–Kier alpha value is -3.63. The fourth-order valence-corrected chi connectivity index (χ4v) is 5.39. The second-order valence-corrected chi connectivity index (χ2v) is 10.2. The Bertz CT molecular complexity index is 1250. The number of amides is 2. The summed E-state index contributed by atoms with van der Waals surface area (Å²) in [6, 6.07) is 18.2. The number of para-hydroxylation sites is 1. The predicted octanol–water partition coefficient (Wildman–Crippen LogP) is 2.54. The van der Waals surface area contributed by atoms with Crippen molar-refractivity contribution in [3.8, 4) is 0 Å². The molecule has 184 valence electrons. The van der Waals surface area contributed by atoms with E-state index in [9.17, 15) is 18.0 Å². The molecule has 4 rings (SSSR count). The van der Waals surface area contributed by atoms with Crippen molar-refractivity contribution in [3.05, 3.63) is 84.3 Å². The van der Waals surface area contributed by atoms with Crippen molar-refractivity contribution >= 4 is 27.5 Å². The van der Waals surface area contributed by atoms with E-state index < -0.39 is 16.1 Å². The van der Waals surface area contributed by atoms with Gasteiger partial charge < -0.3 is 20.0 Å². The van der Waals surface area contributed by atoms with Crippen molar-refractivity contribution in [1.29, 1.82) is 0 Å². The van der Waals surface area contributed by atoms with Crippen LogP contribution in [-0.4, -0.2) is 61.7 Å². The maximum atomic E-state index is 13.1. The van der Waals surface area contributed by atoms with Gasteiger partial charge in [-0.25, -0.2) is 8.42 Å². The number of sulfonamides is 1. The molecular formula is C25H28N4O5S. The molecule has 2 N–H and O–H groups in total. The van der Waals surface area contributed by atoms with Crippen molar-refractivity contribution < 1.29 is 22.4 Å². The normalized spacial score (nSPS) is 15.4. The molecule has 2 heterocycles. The summed E-state index contributed by atoms with van der Waals surface area (Å²) in [5.74, 6) is 0.192. The first kappa shape index (κ1) is 24.5. The highest BCUT2D eigenvalue weighted by molar-refractivity contribution is 7.89.